The minimum absolute atomic E-state index is 1.23. The zero-order chi connectivity index (χ0) is 14.2. The normalized spacial score (nSPS) is 11.1. The summed E-state index contributed by atoms with van der Waals surface area (Å²) in [6.07, 6.45) is 10.4. The highest BCUT2D eigenvalue weighted by Crippen LogP contribution is 2.25. The maximum Gasteiger partial charge on any atom is -0.0149 e. The smallest absolute Gasteiger partial charge is 0.0149 e. The highest BCUT2D eigenvalue weighted by molar-refractivity contribution is 5.88. The fourth-order valence-electron chi connectivity index (χ4n) is 3.01. The van der Waals surface area contributed by atoms with Crippen molar-refractivity contribution in [2.24, 2.45) is 0 Å². The third-order valence-electron chi connectivity index (χ3n) is 4.20. The van der Waals surface area contributed by atoms with E-state index in [1.807, 2.05) is 0 Å². The second-order valence-corrected chi connectivity index (χ2v) is 5.84. The Kier molecular flexibility index (Phi) is 6.11. The Balaban J connectivity index is 2.21. The molecule has 0 heteroatoms. The molecule has 0 radical (unpaired) electrons. The minimum Gasteiger partial charge on any atom is -0.0654 e. The van der Waals surface area contributed by atoms with Gasteiger partial charge in [0.05, 0.1) is 0 Å². The van der Waals surface area contributed by atoms with E-state index in [4.69, 9.17) is 0 Å². The molecule has 0 heterocycles. The van der Waals surface area contributed by atoms with Gasteiger partial charge in [-0.3, -0.25) is 0 Å². The van der Waals surface area contributed by atoms with Crippen molar-refractivity contribution in [3.63, 3.8) is 0 Å². The largest absolute Gasteiger partial charge is 0.0654 e. The molecule has 108 valence electrons. The molecule has 0 fully saturated rings. The van der Waals surface area contributed by atoms with E-state index in [1.54, 1.807) is 0 Å². The molecule has 20 heavy (non-hydrogen) atoms. The van der Waals surface area contributed by atoms with Gasteiger partial charge in [0.25, 0.3) is 0 Å². The average Bonchev–Trinajstić information content (AvgIpc) is 2.48. The van der Waals surface area contributed by atoms with E-state index in [2.05, 4.69) is 50.2 Å². The second kappa shape index (κ2) is 8.09. The van der Waals surface area contributed by atoms with Gasteiger partial charge >= 0.3 is 0 Å². The summed E-state index contributed by atoms with van der Waals surface area (Å²) < 4.78 is 0. The number of hydrogen-bond acceptors (Lipinski definition) is 0. The third-order valence-corrected chi connectivity index (χ3v) is 4.20. The van der Waals surface area contributed by atoms with Crippen LogP contribution in [0.15, 0.2) is 36.4 Å². The van der Waals surface area contributed by atoms with Crippen LogP contribution >= 0.6 is 0 Å². The molecule has 2 rings (SSSR count). The van der Waals surface area contributed by atoms with Gasteiger partial charge in [-0.15, -0.1) is 0 Å². The van der Waals surface area contributed by atoms with Gasteiger partial charge in [-0.05, 0) is 47.6 Å². The van der Waals surface area contributed by atoms with Gasteiger partial charge in [-0.1, -0.05) is 75.9 Å². The summed E-state index contributed by atoms with van der Waals surface area (Å²) in [6.45, 7) is 4.55. The predicted octanol–water partition coefficient (Wildman–Crippen LogP) is 6.31. The van der Waals surface area contributed by atoms with Gasteiger partial charge in [0.1, 0.15) is 0 Å². The Hall–Kier alpha value is -1.30. The molecule has 0 bridgehead atoms. The molecule has 0 nitrogen and oxygen atoms in total. The lowest BCUT2D eigenvalue weighted by molar-refractivity contribution is 0.718. The number of fused-ring (bicyclic) bond motifs is 1. The van der Waals surface area contributed by atoms with Gasteiger partial charge in [0.2, 0.25) is 0 Å². The quantitative estimate of drug-likeness (QED) is 0.492. The molecule has 0 atom stereocenters. The van der Waals surface area contributed by atoms with E-state index in [1.165, 1.54) is 73.3 Å². The second-order valence-electron chi connectivity index (χ2n) is 5.84. The van der Waals surface area contributed by atoms with E-state index >= 15 is 0 Å². The third kappa shape index (κ3) is 3.85. The summed E-state index contributed by atoms with van der Waals surface area (Å²) in [5.41, 5.74) is 3.07. The van der Waals surface area contributed by atoms with E-state index in [0.29, 0.717) is 0 Å². The molecular formula is C20H28. The van der Waals surface area contributed by atoms with Crippen molar-refractivity contribution in [3.8, 4) is 0 Å². The molecule has 0 N–H and O–H groups in total. The molecule has 0 unspecified atom stereocenters. The van der Waals surface area contributed by atoms with Gasteiger partial charge in [-0.25, -0.2) is 0 Å². The Bertz CT molecular complexity index is 475. The summed E-state index contributed by atoms with van der Waals surface area (Å²) in [7, 11) is 0. The van der Waals surface area contributed by atoms with Crippen LogP contribution in [0.1, 0.15) is 63.5 Å². The number of benzene rings is 2. The Morgan fingerprint density at radius 3 is 1.45 bits per heavy atom. The van der Waals surface area contributed by atoms with Crippen LogP contribution in [0.4, 0.5) is 0 Å². The monoisotopic (exact) mass is 268 g/mol. The van der Waals surface area contributed by atoms with Gasteiger partial charge in [-0.2, -0.15) is 0 Å². The lowest BCUT2D eigenvalue weighted by Crippen LogP contribution is -1.92. The van der Waals surface area contributed by atoms with Crippen LogP contribution in [0.5, 0.6) is 0 Å². The number of aryl methyl sites for hydroxylation is 2. The average molecular weight is 268 g/mol. The van der Waals surface area contributed by atoms with Crippen LogP contribution in [-0.4, -0.2) is 0 Å². The van der Waals surface area contributed by atoms with E-state index in [0.717, 1.165) is 0 Å². The lowest BCUT2D eigenvalue weighted by atomic mass is 9.94. The molecule has 0 aromatic heterocycles. The van der Waals surface area contributed by atoms with Crippen LogP contribution in [0.3, 0.4) is 0 Å². The van der Waals surface area contributed by atoms with E-state index < -0.39 is 0 Å². The summed E-state index contributed by atoms with van der Waals surface area (Å²) in [5.74, 6) is 0. The Labute approximate surface area is 124 Å². The van der Waals surface area contributed by atoms with Crippen molar-refractivity contribution in [2.75, 3.05) is 0 Å². The summed E-state index contributed by atoms with van der Waals surface area (Å²) in [5, 5.41) is 2.97. The van der Waals surface area contributed by atoms with E-state index in [9.17, 15) is 0 Å². The zero-order valence-electron chi connectivity index (χ0n) is 13.1. The molecular weight excluding hydrogens is 240 g/mol. The van der Waals surface area contributed by atoms with Crippen molar-refractivity contribution in [3.05, 3.63) is 47.5 Å². The first kappa shape index (κ1) is 15.1. The number of unbranched alkanes of at least 4 members (excludes halogenated alkanes) is 4. The Morgan fingerprint density at radius 1 is 0.600 bits per heavy atom. The molecule has 0 aliphatic rings. The van der Waals surface area contributed by atoms with Crippen molar-refractivity contribution in [1.29, 1.82) is 0 Å². The molecule has 0 aliphatic heterocycles. The first-order chi connectivity index (χ1) is 9.86. The molecule has 2 aromatic carbocycles. The number of hydrogen-bond donors (Lipinski definition) is 0. The first-order valence-corrected chi connectivity index (χ1v) is 8.36. The molecule has 0 aliphatic carbocycles. The zero-order valence-corrected chi connectivity index (χ0v) is 13.1. The van der Waals surface area contributed by atoms with Crippen molar-refractivity contribution < 1.29 is 0 Å². The topological polar surface area (TPSA) is 0 Å². The molecule has 0 spiro atoms. The highest BCUT2D eigenvalue weighted by Gasteiger charge is 2.04. The first-order valence-electron chi connectivity index (χ1n) is 8.36. The van der Waals surface area contributed by atoms with Gasteiger partial charge in [0, 0.05) is 0 Å². The fraction of sp³-hybridized carbons (Fsp3) is 0.500. The maximum absolute atomic E-state index is 2.31. The standard InChI is InChI=1S/C20H28/c1-3-5-7-11-17-13-9-16-20-18(12-8-6-4-2)14-10-15-19(17)20/h9-10,13-16H,3-8,11-12H2,1-2H3. The predicted molar refractivity (Wildman–Crippen MR) is 90.4 cm³/mol. The van der Waals surface area contributed by atoms with E-state index in [-0.39, 0.29) is 0 Å². The van der Waals surface area contributed by atoms with Crippen LogP contribution in [0.25, 0.3) is 10.8 Å². The molecule has 2 aromatic rings. The van der Waals surface area contributed by atoms with Crippen LogP contribution < -0.4 is 0 Å². The molecule has 0 amide bonds. The fourth-order valence-corrected chi connectivity index (χ4v) is 3.01. The Morgan fingerprint density at radius 2 is 1.05 bits per heavy atom. The molecule has 0 saturated heterocycles. The number of rotatable bonds is 8. The van der Waals surface area contributed by atoms with Crippen molar-refractivity contribution in [2.45, 2.75) is 65.2 Å². The van der Waals surface area contributed by atoms with Crippen molar-refractivity contribution in [1.82, 2.24) is 0 Å². The maximum atomic E-state index is 2.31. The van der Waals surface area contributed by atoms with Crippen molar-refractivity contribution >= 4 is 10.8 Å². The van der Waals surface area contributed by atoms with Crippen LogP contribution in [-0.2, 0) is 12.8 Å². The van der Waals surface area contributed by atoms with Gasteiger partial charge < -0.3 is 0 Å². The highest BCUT2D eigenvalue weighted by atomic mass is 14.1. The summed E-state index contributed by atoms with van der Waals surface area (Å²) in [6, 6.07) is 13.7. The SMILES string of the molecule is CCCCCc1cccc2c(CCCCC)cccc12. The summed E-state index contributed by atoms with van der Waals surface area (Å²) in [4.78, 5) is 0. The van der Waals surface area contributed by atoms with Crippen LogP contribution in [0.2, 0.25) is 0 Å². The van der Waals surface area contributed by atoms with Gasteiger partial charge in [0.15, 0.2) is 0 Å². The lowest BCUT2D eigenvalue weighted by Gasteiger charge is -2.10. The molecule has 0 saturated carbocycles. The minimum atomic E-state index is 1.23. The van der Waals surface area contributed by atoms with Crippen LogP contribution in [0, 0.1) is 0 Å². The summed E-state index contributed by atoms with van der Waals surface area (Å²) >= 11 is 0.